The van der Waals surface area contributed by atoms with Crippen LogP contribution in [0.4, 0.5) is 0 Å². The summed E-state index contributed by atoms with van der Waals surface area (Å²) in [6, 6.07) is 4.23. The number of imidazole rings is 1. The summed E-state index contributed by atoms with van der Waals surface area (Å²) in [5, 5.41) is 3.97. The number of aromatic nitrogens is 4. The van der Waals surface area contributed by atoms with Crippen LogP contribution >= 0.6 is 0 Å². The summed E-state index contributed by atoms with van der Waals surface area (Å²) >= 11 is 0. The Bertz CT molecular complexity index is 985. The molecule has 7 heteroatoms. The maximum absolute atomic E-state index is 13.1. The van der Waals surface area contributed by atoms with Gasteiger partial charge in [0.1, 0.15) is 5.52 Å². The molecule has 7 nitrogen and oxygen atoms in total. The first-order valence-electron chi connectivity index (χ1n) is 9.77. The number of carbonyl (C=O) groups excluding carboxylic acids is 1. The van der Waals surface area contributed by atoms with E-state index in [0.717, 1.165) is 42.0 Å². The topological polar surface area (TPSA) is 77.0 Å². The molecule has 5 rings (SSSR count). The smallest absolute Gasteiger partial charge is 0.256 e. The van der Waals surface area contributed by atoms with Gasteiger partial charge in [0.2, 0.25) is 0 Å². The summed E-state index contributed by atoms with van der Waals surface area (Å²) in [7, 11) is 0. The number of hydrogen-bond acceptors (Lipinski definition) is 5. The Kier molecular flexibility index (Phi) is 3.95. The fourth-order valence-corrected chi connectivity index (χ4v) is 4.50. The lowest BCUT2D eigenvalue weighted by Gasteiger charge is -2.22. The summed E-state index contributed by atoms with van der Waals surface area (Å²) in [5.41, 5.74) is 3.09. The maximum atomic E-state index is 13.1. The minimum Gasteiger partial charge on any atom is -0.359 e. The third kappa shape index (κ3) is 2.81. The van der Waals surface area contributed by atoms with Crippen LogP contribution in [-0.2, 0) is 0 Å². The maximum Gasteiger partial charge on any atom is 0.256 e. The van der Waals surface area contributed by atoms with Crippen LogP contribution in [0.1, 0.15) is 72.4 Å². The van der Waals surface area contributed by atoms with Crippen LogP contribution < -0.4 is 0 Å². The highest BCUT2D eigenvalue weighted by molar-refractivity contribution is 5.96. The number of carbonyl (C=O) groups is 1. The molecule has 1 saturated heterocycles. The standard InChI is InChI=1S/C20H23N5O2/c1-13-9-18(27-23-13)17-7-4-8-24(17)20(26)14-10-16-19(21-11-14)25(12-22-16)15-5-2-3-6-15/h9-12,15,17H,2-8H2,1H3. The monoisotopic (exact) mass is 365 g/mol. The van der Waals surface area contributed by atoms with E-state index in [1.807, 2.05) is 30.3 Å². The number of rotatable bonds is 3. The largest absolute Gasteiger partial charge is 0.359 e. The average molecular weight is 365 g/mol. The van der Waals surface area contributed by atoms with Crippen LogP contribution in [0.2, 0.25) is 0 Å². The lowest BCUT2D eigenvalue weighted by molar-refractivity contribution is 0.0714. The molecule has 1 saturated carbocycles. The van der Waals surface area contributed by atoms with E-state index in [-0.39, 0.29) is 11.9 Å². The summed E-state index contributed by atoms with van der Waals surface area (Å²) in [5.74, 6) is 0.745. The number of hydrogen-bond donors (Lipinski definition) is 0. The lowest BCUT2D eigenvalue weighted by atomic mass is 10.1. The van der Waals surface area contributed by atoms with Crippen LogP contribution in [0.15, 0.2) is 29.2 Å². The van der Waals surface area contributed by atoms with Gasteiger partial charge in [0.05, 0.1) is 23.6 Å². The van der Waals surface area contributed by atoms with Gasteiger partial charge in [-0.2, -0.15) is 0 Å². The van der Waals surface area contributed by atoms with Gasteiger partial charge in [0.25, 0.3) is 5.91 Å². The Morgan fingerprint density at radius 3 is 2.78 bits per heavy atom. The molecule has 0 bridgehead atoms. The predicted octanol–water partition coefficient (Wildman–Crippen LogP) is 3.82. The van der Waals surface area contributed by atoms with Gasteiger partial charge in [-0.25, -0.2) is 9.97 Å². The second kappa shape index (κ2) is 6.48. The van der Waals surface area contributed by atoms with Crippen LogP contribution in [0, 0.1) is 6.92 Å². The van der Waals surface area contributed by atoms with Gasteiger partial charge >= 0.3 is 0 Å². The van der Waals surface area contributed by atoms with Crippen LogP contribution in [-0.4, -0.2) is 37.0 Å². The second-order valence-electron chi connectivity index (χ2n) is 7.68. The molecule has 0 radical (unpaired) electrons. The van der Waals surface area contributed by atoms with Crippen molar-refractivity contribution in [1.29, 1.82) is 0 Å². The van der Waals surface area contributed by atoms with Crippen molar-refractivity contribution in [3.05, 3.63) is 41.7 Å². The number of nitrogens with zero attached hydrogens (tertiary/aromatic N) is 5. The molecule has 0 aromatic carbocycles. The van der Waals surface area contributed by atoms with Crippen molar-refractivity contribution >= 4 is 17.1 Å². The molecule has 1 aliphatic carbocycles. The van der Waals surface area contributed by atoms with E-state index in [4.69, 9.17) is 4.52 Å². The predicted molar refractivity (Wildman–Crippen MR) is 99.3 cm³/mol. The first-order valence-corrected chi connectivity index (χ1v) is 9.77. The Morgan fingerprint density at radius 1 is 1.15 bits per heavy atom. The molecule has 4 heterocycles. The molecule has 0 N–H and O–H groups in total. The highest BCUT2D eigenvalue weighted by Gasteiger charge is 2.33. The zero-order chi connectivity index (χ0) is 18.4. The molecule has 3 aromatic heterocycles. The van der Waals surface area contributed by atoms with E-state index in [1.165, 1.54) is 25.7 Å². The molecule has 0 spiro atoms. The van der Waals surface area contributed by atoms with E-state index in [0.29, 0.717) is 11.6 Å². The quantitative estimate of drug-likeness (QED) is 0.705. The highest BCUT2D eigenvalue weighted by Crippen LogP contribution is 2.34. The third-order valence-electron chi connectivity index (χ3n) is 5.87. The van der Waals surface area contributed by atoms with Crippen molar-refractivity contribution in [2.24, 2.45) is 0 Å². The zero-order valence-electron chi connectivity index (χ0n) is 15.5. The van der Waals surface area contributed by atoms with E-state index < -0.39 is 0 Å². The van der Waals surface area contributed by atoms with Crippen molar-refractivity contribution in [2.45, 2.75) is 57.5 Å². The fraction of sp³-hybridized carbons (Fsp3) is 0.500. The molecular formula is C20H23N5O2. The van der Waals surface area contributed by atoms with Gasteiger partial charge in [-0.15, -0.1) is 0 Å². The van der Waals surface area contributed by atoms with Crippen molar-refractivity contribution in [1.82, 2.24) is 24.6 Å². The van der Waals surface area contributed by atoms with Crippen molar-refractivity contribution in [3.8, 4) is 0 Å². The molecule has 1 unspecified atom stereocenters. The first-order chi connectivity index (χ1) is 13.2. The zero-order valence-corrected chi connectivity index (χ0v) is 15.5. The van der Waals surface area contributed by atoms with Gasteiger partial charge in [0, 0.05) is 24.8 Å². The minimum atomic E-state index is -0.0505. The molecule has 1 amide bonds. The Hall–Kier alpha value is -2.70. The summed E-state index contributed by atoms with van der Waals surface area (Å²) in [6.45, 7) is 2.62. The van der Waals surface area contributed by atoms with E-state index in [9.17, 15) is 4.79 Å². The van der Waals surface area contributed by atoms with Crippen LogP contribution in [0.25, 0.3) is 11.2 Å². The molecule has 2 fully saturated rings. The number of pyridine rings is 1. The number of fused-ring (bicyclic) bond motifs is 1. The average Bonchev–Trinajstić information content (AvgIpc) is 3.44. The first kappa shape index (κ1) is 16.5. The molecule has 1 aliphatic heterocycles. The van der Waals surface area contributed by atoms with Crippen molar-refractivity contribution in [2.75, 3.05) is 6.54 Å². The summed E-state index contributed by atoms with van der Waals surface area (Å²) < 4.78 is 7.59. The number of aryl methyl sites for hydroxylation is 1. The normalized spacial score (nSPS) is 20.8. The Labute approximate surface area is 157 Å². The second-order valence-corrected chi connectivity index (χ2v) is 7.68. The summed E-state index contributed by atoms with van der Waals surface area (Å²) in [6.07, 6.45) is 10.3. The van der Waals surface area contributed by atoms with E-state index in [2.05, 4.69) is 19.7 Å². The SMILES string of the molecule is Cc1cc(C2CCCN2C(=O)c2cnc3c(c2)ncn3C2CCCC2)on1. The Balaban J connectivity index is 1.43. The molecule has 140 valence electrons. The summed E-state index contributed by atoms with van der Waals surface area (Å²) in [4.78, 5) is 24.1. The fourth-order valence-electron chi connectivity index (χ4n) is 4.50. The minimum absolute atomic E-state index is 0.0173. The molecule has 1 atom stereocenters. The molecule has 2 aliphatic rings. The Morgan fingerprint density at radius 2 is 2.00 bits per heavy atom. The van der Waals surface area contributed by atoms with Crippen molar-refractivity contribution in [3.63, 3.8) is 0 Å². The van der Waals surface area contributed by atoms with E-state index >= 15 is 0 Å². The lowest BCUT2D eigenvalue weighted by Crippen LogP contribution is -2.30. The van der Waals surface area contributed by atoms with Gasteiger partial charge in [0.15, 0.2) is 11.4 Å². The highest BCUT2D eigenvalue weighted by atomic mass is 16.5. The van der Waals surface area contributed by atoms with Gasteiger partial charge in [-0.3, -0.25) is 4.79 Å². The van der Waals surface area contributed by atoms with Crippen molar-refractivity contribution < 1.29 is 9.32 Å². The number of amides is 1. The van der Waals surface area contributed by atoms with Crippen LogP contribution in [0.3, 0.4) is 0 Å². The van der Waals surface area contributed by atoms with Gasteiger partial charge < -0.3 is 14.0 Å². The number of likely N-dealkylation sites (tertiary alicyclic amines) is 1. The molecular weight excluding hydrogens is 342 g/mol. The third-order valence-corrected chi connectivity index (χ3v) is 5.87. The van der Waals surface area contributed by atoms with E-state index in [1.54, 1.807) is 6.20 Å². The van der Waals surface area contributed by atoms with Gasteiger partial charge in [-0.05, 0) is 38.7 Å². The van der Waals surface area contributed by atoms with Gasteiger partial charge in [-0.1, -0.05) is 18.0 Å². The molecule has 27 heavy (non-hydrogen) atoms. The molecule has 3 aromatic rings. The van der Waals surface area contributed by atoms with Crippen LogP contribution in [0.5, 0.6) is 0 Å².